The van der Waals surface area contributed by atoms with Gasteiger partial charge in [-0.1, -0.05) is 206 Å². The molecule has 0 radical (unpaired) electrons. The van der Waals surface area contributed by atoms with Gasteiger partial charge in [-0.05, 0) is 153 Å². The third-order valence-corrected chi connectivity index (χ3v) is 19.7. The molecule has 8 aromatic heterocycles. The van der Waals surface area contributed by atoms with E-state index < -0.39 is 0 Å². The average Bonchev–Trinajstić information content (AvgIpc) is 1.60. The van der Waals surface area contributed by atoms with E-state index >= 15 is 0 Å². The molecule has 0 aliphatic carbocycles. The molecule has 0 aliphatic rings. The topological polar surface area (TPSA) is 108 Å². The number of furan rings is 2. The van der Waals surface area contributed by atoms with Crippen molar-refractivity contribution in [2.45, 2.75) is 0 Å². The van der Waals surface area contributed by atoms with Gasteiger partial charge in [-0.25, -0.2) is 9.97 Å². The van der Waals surface area contributed by atoms with E-state index in [9.17, 15) is 0 Å². The van der Waals surface area contributed by atoms with Gasteiger partial charge in [0.1, 0.15) is 22.2 Å². The Labute approximate surface area is 569 Å². The fraction of sp³-hybridized carbons (Fsp3) is 0. The number of hydrogen-bond donors (Lipinski definition) is 1. The Hall–Kier alpha value is -13.2. The Balaban J connectivity index is 0.000000113. The molecule has 0 unspecified atom stereocenters. The van der Waals surface area contributed by atoms with Crippen LogP contribution >= 0.6 is 11.6 Å². The minimum Gasteiger partial charge on any atom is -0.436 e. The van der Waals surface area contributed by atoms with Crippen LogP contribution in [0.15, 0.2) is 325 Å². The number of aromatic nitrogens is 8. The van der Waals surface area contributed by atoms with Gasteiger partial charge < -0.3 is 23.0 Å². The Morgan fingerprint density at radius 1 is 0.293 bits per heavy atom. The maximum Gasteiger partial charge on any atom is 0.248 e. The standard InChI is InChI=1S/C44H26N4O.C30H20N2.C14H7ClN2O/c1-2-11-30(12-3-1)47-36-16-8-6-14-32(36)34-24-28(18-21-38(34)47)29-19-22-39-35(25-29)33-15-7-9-17-37(33)48(39)41-26-45-43-42-31-13-5-4-10-27(31)20-23-40(42)49-44(43)46-41;1-2-8-22(9-3-1)32-29-13-7-5-11-24(29)26-19-21(15-17-30(26)32)20-14-16-28-25(18-20)23-10-4-6-12-27(23)31-28;15-11-7-16-13-12-9-4-2-1-3-8(9)5-6-10(12)18-14(13)17-11/h1-26H;1-19,31H;1-7H. The van der Waals surface area contributed by atoms with Crippen molar-refractivity contribution in [1.29, 1.82) is 0 Å². The van der Waals surface area contributed by atoms with Gasteiger partial charge in [0.2, 0.25) is 11.4 Å². The molecule has 0 amide bonds. The van der Waals surface area contributed by atoms with Crippen LogP contribution in [0.1, 0.15) is 0 Å². The van der Waals surface area contributed by atoms with Crippen LogP contribution in [0.3, 0.4) is 0 Å². The van der Waals surface area contributed by atoms with Crippen LogP contribution in [0.2, 0.25) is 5.15 Å². The third kappa shape index (κ3) is 9.11. The molecule has 0 spiro atoms. The molecule has 464 valence electrons. The molecule has 11 heteroatoms. The molecule has 0 fully saturated rings. The summed E-state index contributed by atoms with van der Waals surface area (Å²) in [7, 11) is 0. The number of rotatable bonds is 5. The average molecular weight is 1290 g/mol. The molecule has 22 rings (SSSR count). The van der Waals surface area contributed by atoms with Crippen LogP contribution in [0, 0.1) is 0 Å². The molecule has 0 aliphatic heterocycles. The maximum atomic E-state index is 6.31. The number of benzene rings is 14. The van der Waals surface area contributed by atoms with Gasteiger partial charge in [0.25, 0.3) is 0 Å². The Kier molecular flexibility index (Phi) is 12.8. The van der Waals surface area contributed by atoms with Gasteiger partial charge in [0, 0.05) is 65.5 Å². The van der Waals surface area contributed by atoms with E-state index in [4.69, 9.17) is 30.4 Å². The Morgan fingerprint density at radius 2 is 0.677 bits per heavy atom. The summed E-state index contributed by atoms with van der Waals surface area (Å²) < 4.78 is 18.9. The minimum atomic E-state index is 0.339. The summed E-state index contributed by atoms with van der Waals surface area (Å²) in [6.07, 6.45) is 3.41. The number of nitrogens with one attached hydrogen (secondary N) is 1. The summed E-state index contributed by atoms with van der Waals surface area (Å²) >= 11 is 5.83. The quantitative estimate of drug-likeness (QED) is 0.184. The molecule has 10 nitrogen and oxygen atoms in total. The second-order valence-electron chi connectivity index (χ2n) is 25.1. The maximum absolute atomic E-state index is 6.31. The van der Waals surface area contributed by atoms with Gasteiger partial charge in [0.05, 0.1) is 56.3 Å². The lowest BCUT2D eigenvalue weighted by Gasteiger charge is -2.09. The van der Waals surface area contributed by atoms with Crippen molar-refractivity contribution in [3.8, 4) is 39.4 Å². The van der Waals surface area contributed by atoms with E-state index in [0.29, 0.717) is 16.6 Å². The van der Waals surface area contributed by atoms with E-state index in [1.54, 1.807) is 6.20 Å². The zero-order valence-corrected chi connectivity index (χ0v) is 53.6. The van der Waals surface area contributed by atoms with Gasteiger partial charge in [0.15, 0.2) is 11.0 Å². The number of halogens is 1. The van der Waals surface area contributed by atoms with Crippen LogP contribution in [0.25, 0.3) is 193 Å². The van der Waals surface area contributed by atoms with Gasteiger partial charge in [-0.3, -0.25) is 4.57 Å². The predicted molar refractivity (Wildman–Crippen MR) is 408 cm³/mol. The smallest absolute Gasteiger partial charge is 0.248 e. The number of nitrogens with zero attached hydrogens (tertiary/aromatic N) is 7. The fourth-order valence-electron chi connectivity index (χ4n) is 15.1. The van der Waals surface area contributed by atoms with Crippen LogP contribution in [-0.2, 0) is 0 Å². The number of H-pyrrole nitrogens is 1. The van der Waals surface area contributed by atoms with Crippen molar-refractivity contribution < 1.29 is 8.83 Å². The summed E-state index contributed by atoms with van der Waals surface area (Å²) in [5.41, 5.74) is 20.7. The Morgan fingerprint density at radius 3 is 1.20 bits per heavy atom. The highest BCUT2D eigenvalue weighted by molar-refractivity contribution is 6.30. The summed E-state index contributed by atoms with van der Waals surface area (Å²) in [5.74, 6) is 0.727. The van der Waals surface area contributed by atoms with Crippen LogP contribution in [-0.4, -0.2) is 38.6 Å². The normalized spacial score (nSPS) is 11.9. The molecule has 0 atom stereocenters. The Bertz CT molecular complexity index is 7020. The highest BCUT2D eigenvalue weighted by Crippen LogP contribution is 2.42. The van der Waals surface area contributed by atoms with Gasteiger partial charge in [-0.2, -0.15) is 9.97 Å². The molecule has 0 bridgehead atoms. The van der Waals surface area contributed by atoms with Crippen molar-refractivity contribution in [3.05, 3.63) is 321 Å². The lowest BCUT2D eigenvalue weighted by Crippen LogP contribution is -1.98. The van der Waals surface area contributed by atoms with E-state index in [0.717, 1.165) is 82.4 Å². The molecule has 0 saturated heterocycles. The molecule has 14 aromatic carbocycles. The number of fused-ring (bicyclic) bond motifs is 22. The van der Waals surface area contributed by atoms with Crippen molar-refractivity contribution in [2.24, 2.45) is 0 Å². The van der Waals surface area contributed by atoms with Gasteiger partial charge >= 0.3 is 0 Å². The molecular weight excluding hydrogens is 1240 g/mol. The summed E-state index contributed by atoms with van der Waals surface area (Å²) in [6, 6.07) is 107. The zero-order chi connectivity index (χ0) is 65.2. The largest absolute Gasteiger partial charge is 0.436 e. The molecule has 1 N–H and O–H groups in total. The number of para-hydroxylation sites is 6. The van der Waals surface area contributed by atoms with Crippen LogP contribution < -0.4 is 0 Å². The molecular formula is C88H53ClN8O2. The number of hydrogen-bond acceptors (Lipinski definition) is 6. The molecule has 0 saturated carbocycles. The predicted octanol–water partition coefficient (Wildman–Crippen LogP) is 23.7. The monoisotopic (exact) mass is 1290 g/mol. The van der Waals surface area contributed by atoms with E-state index in [1.807, 2.05) is 36.5 Å². The minimum absolute atomic E-state index is 0.339. The van der Waals surface area contributed by atoms with Crippen LogP contribution in [0.4, 0.5) is 0 Å². The van der Waals surface area contributed by atoms with Crippen molar-refractivity contribution >= 4 is 165 Å². The first-order chi connectivity index (χ1) is 49.0. The number of aromatic amines is 1. The molecule has 8 heterocycles. The SMILES string of the molecule is Clc1cnc2c(n1)oc1ccc3ccccc3c12.c1ccc(-n2c3ccccc3c3cc(-c4ccc5[nH]c6ccccc6c5c4)ccc32)cc1.c1ccc(-n2c3ccccc3c3cc(-c4ccc5c(c4)c4ccccc4n5-c4cnc5c(n4)oc4ccc6ccccc6c45)ccc32)cc1. The first-order valence-corrected chi connectivity index (χ1v) is 33.4. The van der Waals surface area contributed by atoms with Gasteiger partial charge in [-0.15, -0.1) is 0 Å². The van der Waals surface area contributed by atoms with Crippen LogP contribution in [0.5, 0.6) is 0 Å². The second-order valence-corrected chi connectivity index (χ2v) is 25.5. The first-order valence-electron chi connectivity index (χ1n) is 33.0. The van der Waals surface area contributed by atoms with Crippen molar-refractivity contribution in [2.75, 3.05) is 0 Å². The van der Waals surface area contributed by atoms with E-state index in [2.05, 4.69) is 302 Å². The zero-order valence-electron chi connectivity index (χ0n) is 52.8. The van der Waals surface area contributed by atoms with Crippen molar-refractivity contribution in [1.82, 2.24) is 38.6 Å². The van der Waals surface area contributed by atoms with Crippen molar-refractivity contribution in [3.63, 3.8) is 0 Å². The lowest BCUT2D eigenvalue weighted by atomic mass is 10.0. The summed E-state index contributed by atoms with van der Waals surface area (Å²) in [6.45, 7) is 0. The summed E-state index contributed by atoms with van der Waals surface area (Å²) in [5, 5.41) is 16.8. The third-order valence-electron chi connectivity index (χ3n) is 19.6. The second kappa shape index (κ2) is 22.5. The fourth-order valence-corrected chi connectivity index (χ4v) is 15.2. The highest BCUT2D eigenvalue weighted by Gasteiger charge is 2.21. The van der Waals surface area contributed by atoms with E-state index in [1.165, 1.54) is 98.7 Å². The highest BCUT2D eigenvalue weighted by atomic mass is 35.5. The lowest BCUT2D eigenvalue weighted by molar-refractivity contribution is 0.651. The summed E-state index contributed by atoms with van der Waals surface area (Å²) in [4.78, 5) is 22.0. The van der Waals surface area contributed by atoms with E-state index in [-0.39, 0.29) is 0 Å². The first kappa shape index (κ1) is 56.2. The molecule has 99 heavy (non-hydrogen) atoms. The molecule has 22 aromatic rings.